The molecule has 2 aliphatic rings. The summed E-state index contributed by atoms with van der Waals surface area (Å²) in [7, 11) is 0. The third kappa shape index (κ3) is 4.33. The standard InChI is InChI=1S/C17H26N4O2/c1-13-19-15(21-9-3-2-4-10-21)12-16(20-13)23-11-8-18-17(22)14-6-5-7-14/h12,14H,2-11H2,1H3,(H,18,22). The van der Waals surface area contributed by atoms with Crippen LogP contribution in [0.3, 0.4) is 0 Å². The lowest BCUT2D eigenvalue weighted by molar-refractivity contribution is -0.127. The Morgan fingerprint density at radius 1 is 1.26 bits per heavy atom. The SMILES string of the molecule is Cc1nc(OCCNC(=O)C2CCC2)cc(N2CCCCC2)n1. The van der Waals surface area contributed by atoms with Crippen LogP contribution in [-0.4, -0.2) is 42.1 Å². The quantitative estimate of drug-likeness (QED) is 0.813. The zero-order valence-electron chi connectivity index (χ0n) is 13.9. The second-order valence-corrected chi connectivity index (χ2v) is 6.43. The molecule has 0 bridgehead atoms. The largest absolute Gasteiger partial charge is 0.476 e. The first-order valence-electron chi connectivity index (χ1n) is 8.73. The third-order valence-corrected chi connectivity index (χ3v) is 4.61. The van der Waals surface area contributed by atoms with E-state index >= 15 is 0 Å². The van der Waals surface area contributed by atoms with Gasteiger partial charge in [-0.3, -0.25) is 4.79 Å². The van der Waals surface area contributed by atoms with Gasteiger partial charge in [-0.15, -0.1) is 0 Å². The number of aromatic nitrogens is 2. The molecule has 1 saturated carbocycles. The normalized spacial score (nSPS) is 18.4. The molecule has 0 radical (unpaired) electrons. The Hall–Kier alpha value is -1.85. The highest BCUT2D eigenvalue weighted by Crippen LogP contribution is 2.26. The molecule has 0 aromatic carbocycles. The molecule has 6 nitrogen and oxygen atoms in total. The van der Waals surface area contributed by atoms with Crippen LogP contribution in [0, 0.1) is 12.8 Å². The highest BCUT2D eigenvalue weighted by molar-refractivity contribution is 5.79. The molecule has 1 aromatic rings. The van der Waals surface area contributed by atoms with Crippen LogP contribution in [0.4, 0.5) is 5.82 Å². The summed E-state index contributed by atoms with van der Waals surface area (Å²) in [6.45, 7) is 4.95. The first-order chi connectivity index (χ1) is 11.2. The van der Waals surface area contributed by atoms with Gasteiger partial charge in [0.15, 0.2) is 0 Å². The number of piperidine rings is 1. The molecule has 2 heterocycles. The molecule has 0 unspecified atom stereocenters. The van der Waals surface area contributed by atoms with Gasteiger partial charge >= 0.3 is 0 Å². The Bertz CT molecular complexity index is 539. The molecule has 3 rings (SSSR count). The number of carbonyl (C=O) groups excluding carboxylic acids is 1. The van der Waals surface area contributed by atoms with Crippen LogP contribution in [0.2, 0.25) is 0 Å². The van der Waals surface area contributed by atoms with Crippen molar-refractivity contribution in [2.24, 2.45) is 5.92 Å². The number of hydrogen-bond acceptors (Lipinski definition) is 5. The second kappa shape index (κ2) is 7.62. The molecule has 1 aromatic heterocycles. The van der Waals surface area contributed by atoms with Crippen molar-refractivity contribution < 1.29 is 9.53 Å². The van der Waals surface area contributed by atoms with Crippen LogP contribution in [0.1, 0.15) is 44.3 Å². The maximum absolute atomic E-state index is 11.8. The number of hydrogen-bond donors (Lipinski definition) is 1. The van der Waals surface area contributed by atoms with Crippen LogP contribution in [-0.2, 0) is 4.79 Å². The van der Waals surface area contributed by atoms with Crippen molar-refractivity contribution in [1.82, 2.24) is 15.3 Å². The molecule has 0 atom stereocenters. The van der Waals surface area contributed by atoms with Crippen LogP contribution in [0.5, 0.6) is 5.88 Å². The maximum Gasteiger partial charge on any atom is 0.223 e. The van der Waals surface area contributed by atoms with Crippen LogP contribution < -0.4 is 15.0 Å². The molecule has 1 N–H and O–H groups in total. The lowest BCUT2D eigenvalue weighted by Crippen LogP contribution is -2.36. The summed E-state index contributed by atoms with van der Waals surface area (Å²) >= 11 is 0. The number of anilines is 1. The second-order valence-electron chi connectivity index (χ2n) is 6.43. The van der Waals surface area contributed by atoms with Crippen LogP contribution in [0.25, 0.3) is 0 Å². The number of carbonyl (C=O) groups is 1. The lowest BCUT2D eigenvalue weighted by Gasteiger charge is -2.28. The smallest absolute Gasteiger partial charge is 0.223 e. The van der Waals surface area contributed by atoms with E-state index in [0.717, 1.165) is 37.6 Å². The van der Waals surface area contributed by atoms with Gasteiger partial charge in [-0.1, -0.05) is 6.42 Å². The average molecular weight is 318 g/mol. The molecule has 1 aliphatic heterocycles. The van der Waals surface area contributed by atoms with Crippen molar-refractivity contribution in [2.75, 3.05) is 31.1 Å². The van der Waals surface area contributed by atoms with Crippen LogP contribution in [0.15, 0.2) is 6.07 Å². The molecule has 2 fully saturated rings. The first-order valence-corrected chi connectivity index (χ1v) is 8.73. The summed E-state index contributed by atoms with van der Waals surface area (Å²) in [6, 6.07) is 1.91. The number of nitrogens with zero attached hydrogens (tertiary/aromatic N) is 3. The number of aryl methyl sites for hydroxylation is 1. The highest BCUT2D eigenvalue weighted by Gasteiger charge is 2.24. The van der Waals surface area contributed by atoms with Crippen molar-refractivity contribution in [3.63, 3.8) is 0 Å². The van der Waals surface area contributed by atoms with Gasteiger partial charge in [0.25, 0.3) is 0 Å². The molecule has 0 spiro atoms. The monoisotopic (exact) mass is 318 g/mol. The fourth-order valence-corrected chi connectivity index (χ4v) is 3.03. The average Bonchev–Trinajstić information content (AvgIpc) is 2.50. The third-order valence-electron chi connectivity index (χ3n) is 4.61. The van der Waals surface area contributed by atoms with Gasteiger partial charge < -0.3 is 15.0 Å². The Balaban J connectivity index is 1.48. The fraction of sp³-hybridized carbons (Fsp3) is 0.706. The summed E-state index contributed by atoms with van der Waals surface area (Å²) in [5, 5.41) is 2.93. The summed E-state index contributed by atoms with van der Waals surface area (Å²) < 4.78 is 5.71. The minimum absolute atomic E-state index is 0.160. The first kappa shape index (κ1) is 16.0. The highest BCUT2D eigenvalue weighted by atomic mass is 16.5. The van der Waals surface area contributed by atoms with Gasteiger partial charge in [0, 0.05) is 25.1 Å². The van der Waals surface area contributed by atoms with E-state index in [1.54, 1.807) is 0 Å². The van der Waals surface area contributed by atoms with Crippen molar-refractivity contribution in [3.05, 3.63) is 11.9 Å². The summed E-state index contributed by atoms with van der Waals surface area (Å²) in [4.78, 5) is 22.9. The van der Waals surface area contributed by atoms with E-state index in [2.05, 4.69) is 20.2 Å². The molecule has 1 saturated heterocycles. The number of ether oxygens (including phenoxy) is 1. The number of nitrogens with one attached hydrogen (secondary N) is 1. The van der Waals surface area contributed by atoms with E-state index < -0.39 is 0 Å². The van der Waals surface area contributed by atoms with E-state index in [1.165, 1.54) is 25.7 Å². The molecule has 6 heteroatoms. The van der Waals surface area contributed by atoms with Gasteiger partial charge in [0.1, 0.15) is 18.2 Å². The van der Waals surface area contributed by atoms with E-state index in [-0.39, 0.29) is 11.8 Å². The number of amides is 1. The van der Waals surface area contributed by atoms with E-state index in [0.29, 0.717) is 19.0 Å². The topological polar surface area (TPSA) is 67.3 Å². The Morgan fingerprint density at radius 2 is 2.04 bits per heavy atom. The fourth-order valence-electron chi connectivity index (χ4n) is 3.03. The summed E-state index contributed by atoms with van der Waals surface area (Å²) in [5.74, 6) is 2.65. The zero-order valence-corrected chi connectivity index (χ0v) is 13.9. The van der Waals surface area contributed by atoms with Gasteiger partial charge in [-0.05, 0) is 39.0 Å². The zero-order chi connectivity index (χ0) is 16.1. The van der Waals surface area contributed by atoms with Crippen molar-refractivity contribution in [2.45, 2.75) is 45.4 Å². The molecule has 126 valence electrons. The summed E-state index contributed by atoms with van der Waals surface area (Å²) in [5.41, 5.74) is 0. The van der Waals surface area contributed by atoms with Crippen molar-refractivity contribution in [3.8, 4) is 5.88 Å². The minimum Gasteiger partial charge on any atom is -0.476 e. The predicted octanol–water partition coefficient (Wildman–Crippen LogP) is 2.07. The Morgan fingerprint density at radius 3 is 2.74 bits per heavy atom. The Labute approximate surface area is 137 Å². The molecule has 23 heavy (non-hydrogen) atoms. The van der Waals surface area contributed by atoms with Gasteiger partial charge in [0.2, 0.25) is 11.8 Å². The van der Waals surface area contributed by atoms with E-state index in [4.69, 9.17) is 4.74 Å². The van der Waals surface area contributed by atoms with Gasteiger partial charge in [0.05, 0.1) is 6.54 Å². The lowest BCUT2D eigenvalue weighted by atomic mass is 9.85. The van der Waals surface area contributed by atoms with Gasteiger partial charge in [-0.2, -0.15) is 4.98 Å². The van der Waals surface area contributed by atoms with E-state index in [9.17, 15) is 4.79 Å². The molecule has 1 aliphatic carbocycles. The predicted molar refractivity (Wildman–Crippen MR) is 88.7 cm³/mol. The van der Waals surface area contributed by atoms with Gasteiger partial charge in [-0.25, -0.2) is 4.98 Å². The summed E-state index contributed by atoms with van der Waals surface area (Å²) in [6.07, 6.45) is 6.95. The minimum atomic E-state index is 0.160. The number of rotatable bonds is 6. The molecule has 1 amide bonds. The maximum atomic E-state index is 11.8. The molecular formula is C17H26N4O2. The van der Waals surface area contributed by atoms with Crippen LogP contribution >= 0.6 is 0 Å². The van der Waals surface area contributed by atoms with E-state index in [1.807, 2.05) is 13.0 Å². The molecular weight excluding hydrogens is 292 g/mol. The Kier molecular flexibility index (Phi) is 5.31. The van der Waals surface area contributed by atoms with Crippen molar-refractivity contribution in [1.29, 1.82) is 0 Å². The van der Waals surface area contributed by atoms with Crippen molar-refractivity contribution >= 4 is 11.7 Å².